The highest BCUT2D eigenvalue weighted by Crippen LogP contribution is 2.11. The molecule has 0 fully saturated rings. The van der Waals surface area contributed by atoms with Crippen molar-refractivity contribution in [2.24, 2.45) is 0 Å². The van der Waals surface area contributed by atoms with Gasteiger partial charge in [-0.15, -0.1) is 0 Å². The van der Waals surface area contributed by atoms with Crippen LogP contribution in [-0.4, -0.2) is 35.4 Å². The summed E-state index contributed by atoms with van der Waals surface area (Å²) in [7, 11) is 0. The van der Waals surface area contributed by atoms with E-state index in [1.807, 2.05) is 27.0 Å². The first-order valence-corrected chi connectivity index (χ1v) is 8.87. The zero-order valence-corrected chi connectivity index (χ0v) is 15.0. The second kappa shape index (κ2) is 8.44. The highest BCUT2D eigenvalue weighted by molar-refractivity contribution is 7.98. The maximum atomic E-state index is 12.3. The maximum Gasteiger partial charge on any atom is 0.251 e. The Balaban J connectivity index is 2.77. The number of amides is 2. The van der Waals surface area contributed by atoms with Crippen molar-refractivity contribution in [3.8, 4) is 0 Å². The Hall–Kier alpha value is -1.20. The maximum absolute atomic E-state index is 12.3. The summed E-state index contributed by atoms with van der Waals surface area (Å²) in [5.74, 6) is 0.360. The number of halogens is 1. The molecule has 22 heavy (non-hydrogen) atoms. The third-order valence-corrected chi connectivity index (χ3v) is 3.73. The van der Waals surface area contributed by atoms with Crippen LogP contribution in [0, 0.1) is 0 Å². The smallest absolute Gasteiger partial charge is 0.251 e. The van der Waals surface area contributed by atoms with Crippen molar-refractivity contribution in [3.05, 3.63) is 34.9 Å². The molecule has 0 saturated heterocycles. The van der Waals surface area contributed by atoms with Gasteiger partial charge in [0.1, 0.15) is 6.04 Å². The van der Waals surface area contributed by atoms with Gasteiger partial charge in [0, 0.05) is 16.1 Å². The molecular formula is C16H23ClN2O2S. The monoisotopic (exact) mass is 342 g/mol. The second-order valence-corrected chi connectivity index (χ2v) is 7.48. The van der Waals surface area contributed by atoms with Crippen molar-refractivity contribution in [3.63, 3.8) is 0 Å². The Bertz CT molecular complexity index is 512. The molecule has 6 heteroatoms. The van der Waals surface area contributed by atoms with E-state index in [4.69, 9.17) is 11.6 Å². The average molecular weight is 343 g/mol. The molecule has 1 aromatic rings. The summed E-state index contributed by atoms with van der Waals surface area (Å²) in [6.07, 6.45) is 2.56. The molecule has 1 rings (SSSR count). The first kappa shape index (κ1) is 18.8. The number of rotatable bonds is 6. The molecule has 0 aliphatic heterocycles. The van der Waals surface area contributed by atoms with Gasteiger partial charge in [0.15, 0.2) is 0 Å². The second-order valence-electron chi connectivity index (χ2n) is 6.05. The van der Waals surface area contributed by atoms with Gasteiger partial charge in [0.2, 0.25) is 5.91 Å². The van der Waals surface area contributed by atoms with E-state index in [-0.39, 0.29) is 17.4 Å². The van der Waals surface area contributed by atoms with Crippen LogP contribution in [0.1, 0.15) is 37.6 Å². The molecule has 4 nitrogen and oxygen atoms in total. The van der Waals surface area contributed by atoms with Crippen molar-refractivity contribution in [2.75, 3.05) is 12.0 Å². The lowest BCUT2D eigenvalue weighted by molar-refractivity contribution is -0.124. The van der Waals surface area contributed by atoms with Gasteiger partial charge in [-0.05, 0) is 63.5 Å². The fraction of sp³-hybridized carbons (Fsp3) is 0.500. The van der Waals surface area contributed by atoms with E-state index in [1.54, 1.807) is 36.0 Å². The number of hydrogen-bond acceptors (Lipinski definition) is 3. The molecule has 0 heterocycles. The summed E-state index contributed by atoms with van der Waals surface area (Å²) < 4.78 is 0. The molecule has 0 aliphatic rings. The van der Waals surface area contributed by atoms with E-state index in [1.165, 1.54) is 0 Å². The van der Waals surface area contributed by atoms with Gasteiger partial charge in [0.25, 0.3) is 5.91 Å². The van der Waals surface area contributed by atoms with Crippen LogP contribution in [0.5, 0.6) is 0 Å². The first-order valence-electron chi connectivity index (χ1n) is 7.10. The van der Waals surface area contributed by atoms with Gasteiger partial charge in [0.05, 0.1) is 0 Å². The van der Waals surface area contributed by atoms with E-state index in [0.29, 0.717) is 17.0 Å². The van der Waals surface area contributed by atoms with Gasteiger partial charge < -0.3 is 10.6 Å². The molecule has 0 spiro atoms. The topological polar surface area (TPSA) is 58.2 Å². The number of carbonyl (C=O) groups is 2. The predicted octanol–water partition coefficient (Wildman–Crippen LogP) is 3.11. The van der Waals surface area contributed by atoms with Crippen LogP contribution < -0.4 is 10.6 Å². The number of carbonyl (C=O) groups excluding carboxylic acids is 2. The molecule has 2 N–H and O–H groups in total. The van der Waals surface area contributed by atoms with Crippen molar-refractivity contribution < 1.29 is 9.59 Å². The van der Waals surface area contributed by atoms with E-state index < -0.39 is 6.04 Å². The zero-order valence-electron chi connectivity index (χ0n) is 13.4. The van der Waals surface area contributed by atoms with Crippen molar-refractivity contribution in [1.82, 2.24) is 10.6 Å². The third-order valence-electron chi connectivity index (χ3n) is 2.84. The molecule has 0 saturated carbocycles. The highest BCUT2D eigenvalue weighted by Gasteiger charge is 2.24. The Morgan fingerprint density at radius 1 is 1.23 bits per heavy atom. The van der Waals surface area contributed by atoms with Crippen LogP contribution in [0.4, 0.5) is 0 Å². The number of hydrogen-bond donors (Lipinski definition) is 2. The normalized spacial score (nSPS) is 12.6. The third kappa shape index (κ3) is 6.71. The van der Waals surface area contributed by atoms with Crippen LogP contribution in [0.2, 0.25) is 5.02 Å². The number of thioether (sulfide) groups is 1. The summed E-state index contributed by atoms with van der Waals surface area (Å²) >= 11 is 7.46. The van der Waals surface area contributed by atoms with Crippen LogP contribution in [0.15, 0.2) is 24.3 Å². The van der Waals surface area contributed by atoms with Crippen LogP contribution in [0.25, 0.3) is 0 Å². The lowest BCUT2D eigenvalue weighted by Crippen LogP contribution is -2.52. The van der Waals surface area contributed by atoms with Crippen LogP contribution in [-0.2, 0) is 4.79 Å². The lowest BCUT2D eigenvalue weighted by atomic mass is 10.1. The minimum absolute atomic E-state index is 0.163. The molecule has 0 aliphatic carbocycles. The minimum Gasteiger partial charge on any atom is -0.350 e. The van der Waals surface area contributed by atoms with E-state index >= 15 is 0 Å². The number of nitrogens with one attached hydrogen (secondary N) is 2. The Kier molecular flexibility index (Phi) is 7.23. The van der Waals surface area contributed by atoms with E-state index in [2.05, 4.69) is 10.6 Å². The molecule has 0 bridgehead atoms. The summed E-state index contributed by atoms with van der Waals surface area (Å²) in [5, 5.41) is 6.28. The molecule has 0 radical (unpaired) electrons. The summed E-state index contributed by atoms with van der Waals surface area (Å²) in [5.41, 5.74) is 0.154. The largest absolute Gasteiger partial charge is 0.350 e. The van der Waals surface area contributed by atoms with Gasteiger partial charge >= 0.3 is 0 Å². The van der Waals surface area contributed by atoms with Crippen LogP contribution >= 0.6 is 23.4 Å². The minimum atomic E-state index is -0.546. The van der Waals surface area contributed by atoms with Gasteiger partial charge in [-0.2, -0.15) is 11.8 Å². The van der Waals surface area contributed by atoms with Gasteiger partial charge in [-0.3, -0.25) is 9.59 Å². The highest BCUT2D eigenvalue weighted by atomic mass is 35.5. The van der Waals surface area contributed by atoms with E-state index in [9.17, 15) is 9.59 Å². The molecule has 1 atom stereocenters. The molecule has 2 amide bonds. The quantitative estimate of drug-likeness (QED) is 0.835. The molecule has 0 aromatic heterocycles. The average Bonchev–Trinajstić information content (AvgIpc) is 2.42. The van der Waals surface area contributed by atoms with Crippen LogP contribution in [0.3, 0.4) is 0 Å². The van der Waals surface area contributed by atoms with Gasteiger partial charge in [-0.1, -0.05) is 11.6 Å². The SMILES string of the molecule is CSCC[C@H](NC(=O)c1ccc(Cl)cc1)C(=O)NC(C)(C)C. The van der Waals surface area contributed by atoms with Crippen molar-refractivity contribution in [2.45, 2.75) is 38.8 Å². The Morgan fingerprint density at radius 2 is 1.82 bits per heavy atom. The van der Waals surface area contributed by atoms with Crippen molar-refractivity contribution >= 4 is 35.2 Å². The van der Waals surface area contributed by atoms with Gasteiger partial charge in [-0.25, -0.2) is 0 Å². The summed E-state index contributed by atoms with van der Waals surface area (Å²) in [4.78, 5) is 24.6. The standard InChI is InChI=1S/C16H23ClN2O2S/c1-16(2,3)19-15(21)13(9-10-22-4)18-14(20)11-5-7-12(17)8-6-11/h5-8,13H,9-10H2,1-4H3,(H,18,20)(H,19,21)/t13-/m0/s1. The fourth-order valence-corrected chi connectivity index (χ4v) is 2.40. The lowest BCUT2D eigenvalue weighted by Gasteiger charge is -2.25. The number of benzene rings is 1. The van der Waals surface area contributed by atoms with E-state index in [0.717, 1.165) is 5.75 Å². The molecule has 1 aromatic carbocycles. The zero-order chi connectivity index (χ0) is 16.8. The first-order chi connectivity index (χ1) is 10.2. The van der Waals surface area contributed by atoms with Crippen molar-refractivity contribution in [1.29, 1.82) is 0 Å². The Morgan fingerprint density at radius 3 is 2.32 bits per heavy atom. The molecule has 0 unspecified atom stereocenters. The Labute approximate surface area is 141 Å². The summed E-state index contributed by atoms with van der Waals surface area (Å²) in [6, 6.07) is 6.05. The summed E-state index contributed by atoms with van der Waals surface area (Å²) in [6.45, 7) is 5.74. The predicted molar refractivity (Wildman–Crippen MR) is 93.6 cm³/mol. The molecular weight excluding hydrogens is 320 g/mol. The molecule has 122 valence electrons. The fourth-order valence-electron chi connectivity index (χ4n) is 1.80.